The van der Waals surface area contributed by atoms with E-state index in [4.69, 9.17) is 0 Å². The number of rotatable bonds is 3. The van der Waals surface area contributed by atoms with Crippen molar-refractivity contribution in [2.45, 2.75) is 76.0 Å². The number of hydrogen-bond acceptors (Lipinski definition) is 2. The molecule has 0 aliphatic heterocycles. The third-order valence-electron chi connectivity index (χ3n) is 5.51. The Bertz CT molecular complexity index is 460. The van der Waals surface area contributed by atoms with E-state index >= 15 is 0 Å². The fourth-order valence-electron chi connectivity index (χ4n) is 4.29. The van der Waals surface area contributed by atoms with Crippen LogP contribution in [0, 0.1) is 0 Å². The van der Waals surface area contributed by atoms with Crippen molar-refractivity contribution < 1.29 is 10.0 Å². The fourth-order valence-corrected chi connectivity index (χ4v) is 4.29. The minimum Gasteiger partial charge on any atom is -0.423 e. The van der Waals surface area contributed by atoms with Crippen molar-refractivity contribution in [2.24, 2.45) is 0 Å². The Morgan fingerprint density at radius 2 is 1.33 bits per heavy atom. The lowest BCUT2D eigenvalue weighted by atomic mass is 9.69. The number of benzene rings is 1. The molecule has 2 nitrogen and oxygen atoms in total. The van der Waals surface area contributed by atoms with Gasteiger partial charge in [0.05, 0.1) is 0 Å². The second kappa shape index (κ2) is 6.98. The highest BCUT2D eigenvalue weighted by molar-refractivity contribution is 6.59. The predicted octanol–water partition coefficient (Wildman–Crippen LogP) is 3.46. The lowest BCUT2D eigenvalue weighted by Gasteiger charge is -2.27. The van der Waals surface area contributed by atoms with Crippen LogP contribution in [0.25, 0.3) is 0 Å². The van der Waals surface area contributed by atoms with E-state index in [1.165, 1.54) is 75.3 Å². The van der Waals surface area contributed by atoms with Crippen molar-refractivity contribution in [3.05, 3.63) is 29.3 Å². The van der Waals surface area contributed by atoms with Gasteiger partial charge in [-0.15, -0.1) is 0 Å². The van der Waals surface area contributed by atoms with Gasteiger partial charge in [-0.3, -0.25) is 0 Å². The second-order valence-corrected chi connectivity index (χ2v) is 6.93. The van der Waals surface area contributed by atoms with Crippen LogP contribution in [-0.2, 0) is 0 Å². The molecule has 2 saturated carbocycles. The summed E-state index contributed by atoms with van der Waals surface area (Å²) in [6.07, 6.45) is 12.9. The largest absolute Gasteiger partial charge is 0.488 e. The molecule has 2 N–H and O–H groups in total. The summed E-state index contributed by atoms with van der Waals surface area (Å²) in [4.78, 5) is 0. The van der Waals surface area contributed by atoms with Crippen molar-refractivity contribution in [1.29, 1.82) is 0 Å². The van der Waals surface area contributed by atoms with Crippen LogP contribution in [0.5, 0.6) is 0 Å². The Balaban J connectivity index is 1.89. The van der Waals surface area contributed by atoms with Gasteiger partial charge in [0.25, 0.3) is 0 Å². The number of hydrogen-bond donors (Lipinski definition) is 2. The monoisotopic (exact) mass is 286 g/mol. The van der Waals surface area contributed by atoms with Gasteiger partial charge in [0.15, 0.2) is 0 Å². The van der Waals surface area contributed by atoms with Crippen LogP contribution < -0.4 is 5.46 Å². The molecule has 0 amide bonds. The smallest absolute Gasteiger partial charge is 0.423 e. The lowest BCUT2D eigenvalue weighted by molar-refractivity contribution is 0.419. The van der Waals surface area contributed by atoms with Gasteiger partial charge < -0.3 is 10.0 Å². The van der Waals surface area contributed by atoms with Gasteiger partial charge in [0, 0.05) is 0 Å². The Hall–Kier alpha value is -0.795. The molecule has 0 bridgehead atoms. The van der Waals surface area contributed by atoms with E-state index in [-0.39, 0.29) is 0 Å². The molecule has 3 rings (SSSR count). The molecular formula is C18H27BO2. The molecular weight excluding hydrogens is 259 g/mol. The minimum absolute atomic E-state index is 0.527. The molecule has 21 heavy (non-hydrogen) atoms. The van der Waals surface area contributed by atoms with E-state index < -0.39 is 7.12 Å². The van der Waals surface area contributed by atoms with E-state index in [0.717, 1.165) is 5.46 Å². The van der Waals surface area contributed by atoms with Crippen molar-refractivity contribution >= 4 is 12.6 Å². The highest BCUT2D eigenvalue weighted by atomic mass is 16.4. The van der Waals surface area contributed by atoms with Crippen molar-refractivity contribution in [2.75, 3.05) is 0 Å². The summed E-state index contributed by atoms with van der Waals surface area (Å²) in [6.45, 7) is 0. The maximum Gasteiger partial charge on any atom is 0.488 e. The molecule has 0 heterocycles. The summed E-state index contributed by atoms with van der Waals surface area (Å²) in [6, 6.07) is 6.41. The topological polar surface area (TPSA) is 40.5 Å². The molecule has 2 aliphatic carbocycles. The first-order valence-electron chi connectivity index (χ1n) is 8.75. The van der Waals surface area contributed by atoms with Gasteiger partial charge in [-0.1, -0.05) is 56.7 Å². The normalized spacial score (nSPS) is 21.4. The third kappa shape index (κ3) is 3.52. The average molecular weight is 286 g/mol. The van der Waals surface area contributed by atoms with Crippen LogP contribution in [0.15, 0.2) is 18.2 Å². The maximum atomic E-state index is 9.69. The average Bonchev–Trinajstić information content (AvgIpc) is 2.56. The van der Waals surface area contributed by atoms with E-state index in [1.54, 1.807) is 0 Å². The van der Waals surface area contributed by atoms with E-state index in [2.05, 4.69) is 12.1 Å². The molecule has 1 aromatic rings. The fraction of sp³-hybridized carbons (Fsp3) is 0.667. The summed E-state index contributed by atoms with van der Waals surface area (Å²) in [5.41, 5.74) is 3.38. The van der Waals surface area contributed by atoms with Gasteiger partial charge in [0.2, 0.25) is 0 Å². The van der Waals surface area contributed by atoms with Crippen molar-refractivity contribution in [3.63, 3.8) is 0 Å². The molecule has 1 aromatic carbocycles. The Kier molecular flexibility index (Phi) is 5.02. The highest BCUT2D eigenvalue weighted by Gasteiger charge is 2.25. The molecule has 114 valence electrons. The zero-order valence-electron chi connectivity index (χ0n) is 12.9. The zero-order valence-corrected chi connectivity index (χ0v) is 12.9. The first-order valence-corrected chi connectivity index (χ1v) is 8.75. The van der Waals surface area contributed by atoms with Crippen LogP contribution >= 0.6 is 0 Å². The summed E-state index contributed by atoms with van der Waals surface area (Å²) < 4.78 is 0. The molecule has 3 heteroatoms. The molecule has 2 fully saturated rings. The highest BCUT2D eigenvalue weighted by Crippen LogP contribution is 2.36. The van der Waals surface area contributed by atoms with Gasteiger partial charge in [0.1, 0.15) is 0 Å². The standard InChI is InChI=1S/C18H27BO2/c20-19(21)18-12-11-16(14-7-3-1-4-8-14)13-17(18)15-9-5-2-6-10-15/h11-15,20-21H,1-10H2. The quantitative estimate of drug-likeness (QED) is 0.835. The second-order valence-electron chi connectivity index (χ2n) is 6.93. The predicted molar refractivity (Wildman–Crippen MR) is 87.9 cm³/mol. The molecule has 0 unspecified atom stereocenters. The van der Waals surface area contributed by atoms with E-state index in [1.807, 2.05) is 6.07 Å². The van der Waals surface area contributed by atoms with Crippen LogP contribution in [0.2, 0.25) is 0 Å². The first-order chi connectivity index (χ1) is 10.3. The van der Waals surface area contributed by atoms with Crippen LogP contribution in [0.1, 0.15) is 87.2 Å². The molecule has 0 aromatic heterocycles. The summed E-state index contributed by atoms with van der Waals surface area (Å²) in [5.74, 6) is 1.21. The van der Waals surface area contributed by atoms with Crippen LogP contribution in [0.3, 0.4) is 0 Å². The molecule has 0 spiro atoms. The Labute approximate surface area is 128 Å². The zero-order chi connectivity index (χ0) is 14.7. The van der Waals surface area contributed by atoms with Crippen LogP contribution in [0.4, 0.5) is 0 Å². The van der Waals surface area contributed by atoms with Gasteiger partial charge in [-0.2, -0.15) is 0 Å². The molecule has 0 radical (unpaired) electrons. The third-order valence-corrected chi connectivity index (χ3v) is 5.51. The maximum absolute atomic E-state index is 9.69. The van der Waals surface area contributed by atoms with Gasteiger partial charge >= 0.3 is 7.12 Å². The van der Waals surface area contributed by atoms with E-state index in [0.29, 0.717) is 11.8 Å². The van der Waals surface area contributed by atoms with Crippen molar-refractivity contribution in [1.82, 2.24) is 0 Å². The van der Waals surface area contributed by atoms with Gasteiger partial charge in [-0.05, 0) is 54.1 Å². The molecule has 0 saturated heterocycles. The lowest BCUT2D eigenvalue weighted by Crippen LogP contribution is -2.34. The van der Waals surface area contributed by atoms with Gasteiger partial charge in [-0.25, -0.2) is 0 Å². The Morgan fingerprint density at radius 3 is 1.90 bits per heavy atom. The molecule has 2 aliphatic rings. The Morgan fingerprint density at radius 1 is 0.762 bits per heavy atom. The van der Waals surface area contributed by atoms with Crippen molar-refractivity contribution in [3.8, 4) is 0 Å². The molecule has 0 atom stereocenters. The summed E-state index contributed by atoms with van der Waals surface area (Å²) >= 11 is 0. The summed E-state index contributed by atoms with van der Waals surface area (Å²) in [7, 11) is -1.33. The minimum atomic E-state index is -1.33. The van der Waals surface area contributed by atoms with Crippen LogP contribution in [-0.4, -0.2) is 17.2 Å². The SMILES string of the molecule is OB(O)c1ccc(C2CCCCC2)cc1C1CCCCC1. The first kappa shape index (κ1) is 15.1. The summed E-state index contributed by atoms with van der Waals surface area (Å²) in [5, 5.41) is 19.4. The van der Waals surface area contributed by atoms with E-state index in [9.17, 15) is 10.0 Å².